The minimum absolute atomic E-state index is 0.369. The molecular formula is C14H19FN2. The molecule has 0 spiro atoms. The number of benzene rings is 1. The lowest BCUT2D eigenvalue weighted by Crippen LogP contribution is -2.04. The third-order valence-corrected chi connectivity index (χ3v) is 2.63. The number of hydrogen-bond acceptors (Lipinski definition) is 2. The van der Waals surface area contributed by atoms with Gasteiger partial charge in [-0.25, -0.2) is 4.39 Å². The molecule has 17 heavy (non-hydrogen) atoms. The van der Waals surface area contributed by atoms with Gasteiger partial charge in [0.2, 0.25) is 0 Å². The quantitative estimate of drug-likeness (QED) is 0.757. The second-order valence-corrected chi connectivity index (χ2v) is 4.62. The smallest absolute Gasteiger partial charge is 0.124 e. The van der Waals surface area contributed by atoms with Gasteiger partial charge in [0.05, 0.1) is 11.3 Å². The van der Waals surface area contributed by atoms with E-state index >= 15 is 0 Å². The van der Waals surface area contributed by atoms with Crippen molar-refractivity contribution in [1.82, 2.24) is 0 Å². The summed E-state index contributed by atoms with van der Waals surface area (Å²) in [4.78, 5) is 0. The fraction of sp³-hybridized carbons (Fsp3) is 0.500. The third kappa shape index (κ3) is 4.86. The first-order valence-electron chi connectivity index (χ1n) is 6.07. The monoisotopic (exact) mass is 234 g/mol. The van der Waals surface area contributed by atoms with Gasteiger partial charge in [0.15, 0.2) is 0 Å². The highest BCUT2D eigenvalue weighted by atomic mass is 19.1. The molecule has 92 valence electrons. The van der Waals surface area contributed by atoms with Crippen LogP contribution in [0.5, 0.6) is 0 Å². The van der Waals surface area contributed by atoms with E-state index in [4.69, 9.17) is 5.26 Å². The highest BCUT2D eigenvalue weighted by Gasteiger charge is 2.02. The zero-order chi connectivity index (χ0) is 12.7. The minimum atomic E-state index is -0.369. The Morgan fingerprint density at radius 2 is 2.12 bits per heavy atom. The molecule has 1 aromatic rings. The average Bonchev–Trinajstić information content (AvgIpc) is 2.29. The van der Waals surface area contributed by atoms with Crippen LogP contribution in [0.2, 0.25) is 0 Å². The number of unbranched alkanes of at least 4 members (excludes halogenated alkanes) is 1. The first-order chi connectivity index (χ1) is 8.13. The van der Waals surface area contributed by atoms with Gasteiger partial charge < -0.3 is 5.32 Å². The fourth-order valence-electron chi connectivity index (χ4n) is 1.66. The molecule has 1 N–H and O–H groups in total. The lowest BCUT2D eigenvalue weighted by molar-refractivity contribution is 0.545. The van der Waals surface area contributed by atoms with Crippen LogP contribution in [-0.2, 0) is 0 Å². The molecule has 0 atom stereocenters. The van der Waals surface area contributed by atoms with E-state index in [9.17, 15) is 4.39 Å². The van der Waals surface area contributed by atoms with Crippen molar-refractivity contribution in [2.24, 2.45) is 5.92 Å². The second-order valence-electron chi connectivity index (χ2n) is 4.62. The van der Waals surface area contributed by atoms with E-state index in [0.29, 0.717) is 5.56 Å². The first-order valence-corrected chi connectivity index (χ1v) is 6.07. The molecule has 0 saturated heterocycles. The summed E-state index contributed by atoms with van der Waals surface area (Å²) in [7, 11) is 0. The number of nitriles is 1. The summed E-state index contributed by atoms with van der Waals surface area (Å²) < 4.78 is 12.9. The highest BCUT2D eigenvalue weighted by Crippen LogP contribution is 2.16. The zero-order valence-corrected chi connectivity index (χ0v) is 10.5. The van der Waals surface area contributed by atoms with Gasteiger partial charge in [0.25, 0.3) is 0 Å². The molecule has 0 aliphatic rings. The highest BCUT2D eigenvalue weighted by molar-refractivity contribution is 5.57. The average molecular weight is 234 g/mol. The molecule has 1 rings (SSSR count). The fourth-order valence-corrected chi connectivity index (χ4v) is 1.66. The molecule has 0 unspecified atom stereocenters. The van der Waals surface area contributed by atoms with E-state index in [1.807, 2.05) is 6.07 Å². The maximum absolute atomic E-state index is 12.9. The van der Waals surface area contributed by atoms with Crippen LogP contribution in [0.15, 0.2) is 18.2 Å². The summed E-state index contributed by atoms with van der Waals surface area (Å²) in [5.41, 5.74) is 1.09. The number of nitrogens with one attached hydrogen (secondary N) is 1. The van der Waals surface area contributed by atoms with Crippen LogP contribution >= 0.6 is 0 Å². The van der Waals surface area contributed by atoms with E-state index in [2.05, 4.69) is 19.2 Å². The van der Waals surface area contributed by atoms with Gasteiger partial charge in [-0.05, 0) is 30.5 Å². The molecule has 2 nitrogen and oxygen atoms in total. The van der Waals surface area contributed by atoms with Gasteiger partial charge in [-0.15, -0.1) is 0 Å². The second kappa shape index (κ2) is 6.90. The van der Waals surface area contributed by atoms with Crippen molar-refractivity contribution in [3.05, 3.63) is 29.6 Å². The molecule has 0 bridgehead atoms. The summed E-state index contributed by atoms with van der Waals surface area (Å²) in [6.45, 7) is 5.25. The Morgan fingerprint density at radius 1 is 1.35 bits per heavy atom. The molecule has 0 aromatic heterocycles. The van der Waals surface area contributed by atoms with Crippen molar-refractivity contribution in [3.8, 4) is 6.07 Å². The molecule has 0 aliphatic carbocycles. The summed E-state index contributed by atoms with van der Waals surface area (Å²) in [5.74, 6) is 0.363. The Labute approximate surface area is 102 Å². The maximum atomic E-state index is 12.9. The van der Waals surface area contributed by atoms with Crippen LogP contribution in [0.1, 0.15) is 38.7 Å². The van der Waals surface area contributed by atoms with Gasteiger partial charge in [-0.1, -0.05) is 26.7 Å². The van der Waals surface area contributed by atoms with Crippen molar-refractivity contribution in [2.45, 2.75) is 33.1 Å². The van der Waals surface area contributed by atoms with Crippen LogP contribution in [0.3, 0.4) is 0 Å². The minimum Gasteiger partial charge on any atom is -0.384 e. The Kier molecular flexibility index (Phi) is 5.48. The molecule has 0 aliphatic heterocycles. The molecule has 3 heteroatoms. The summed E-state index contributed by atoms with van der Waals surface area (Å²) >= 11 is 0. The third-order valence-electron chi connectivity index (χ3n) is 2.63. The maximum Gasteiger partial charge on any atom is 0.124 e. The van der Waals surface area contributed by atoms with Gasteiger partial charge >= 0.3 is 0 Å². The van der Waals surface area contributed by atoms with Gasteiger partial charge in [-0.2, -0.15) is 5.26 Å². The Bertz CT molecular complexity index is 394. The number of rotatable bonds is 6. The van der Waals surface area contributed by atoms with Crippen LogP contribution in [0.4, 0.5) is 10.1 Å². The van der Waals surface area contributed by atoms with Gasteiger partial charge in [0, 0.05) is 6.54 Å². The van der Waals surface area contributed by atoms with Crippen molar-refractivity contribution in [2.75, 3.05) is 11.9 Å². The Morgan fingerprint density at radius 3 is 2.76 bits per heavy atom. The lowest BCUT2D eigenvalue weighted by atomic mass is 10.1. The number of nitrogens with zero attached hydrogens (tertiary/aromatic N) is 1. The predicted molar refractivity (Wildman–Crippen MR) is 68.3 cm³/mol. The van der Waals surface area contributed by atoms with Crippen molar-refractivity contribution in [1.29, 1.82) is 5.26 Å². The number of halogens is 1. The van der Waals surface area contributed by atoms with Crippen LogP contribution in [0, 0.1) is 23.1 Å². The Balaban J connectivity index is 2.39. The SMILES string of the molecule is CC(C)CCCCNc1ccc(F)cc1C#N. The van der Waals surface area contributed by atoms with Gasteiger partial charge in [-0.3, -0.25) is 0 Å². The molecule has 0 radical (unpaired) electrons. The van der Waals surface area contributed by atoms with E-state index < -0.39 is 0 Å². The van der Waals surface area contributed by atoms with E-state index in [0.717, 1.165) is 24.6 Å². The molecule has 0 fully saturated rings. The summed E-state index contributed by atoms with van der Waals surface area (Å²) in [5, 5.41) is 12.0. The molecule has 1 aromatic carbocycles. The summed E-state index contributed by atoms with van der Waals surface area (Å²) in [6, 6.07) is 6.25. The normalized spacial score (nSPS) is 10.3. The standard InChI is InChI=1S/C14H19FN2/c1-11(2)5-3-4-8-17-14-7-6-13(15)9-12(14)10-16/h6-7,9,11,17H,3-5,8H2,1-2H3. The molecule has 0 amide bonds. The van der Waals surface area contributed by atoms with E-state index in [-0.39, 0.29) is 5.82 Å². The first kappa shape index (κ1) is 13.5. The van der Waals surface area contributed by atoms with E-state index in [1.54, 1.807) is 6.07 Å². The number of hydrogen-bond donors (Lipinski definition) is 1. The van der Waals surface area contributed by atoms with Crippen LogP contribution < -0.4 is 5.32 Å². The number of anilines is 1. The van der Waals surface area contributed by atoms with Gasteiger partial charge in [0.1, 0.15) is 11.9 Å². The molecule has 0 saturated carbocycles. The van der Waals surface area contributed by atoms with Crippen LogP contribution in [-0.4, -0.2) is 6.54 Å². The zero-order valence-electron chi connectivity index (χ0n) is 10.5. The lowest BCUT2D eigenvalue weighted by Gasteiger charge is -2.08. The predicted octanol–water partition coefficient (Wildman–Crippen LogP) is 3.94. The molecular weight excluding hydrogens is 215 g/mol. The topological polar surface area (TPSA) is 35.8 Å². The van der Waals surface area contributed by atoms with Crippen LogP contribution in [0.25, 0.3) is 0 Å². The van der Waals surface area contributed by atoms with Crippen molar-refractivity contribution >= 4 is 5.69 Å². The molecule has 0 heterocycles. The largest absolute Gasteiger partial charge is 0.384 e. The summed E-state index contributed by atoms with van der Waals surface area (Å²) in [6.07, 6.45) is 3.46. The Hall–Kier alpha value is -1.56. The van der Waals surface area contributed by atoms with Crippen molar-refractivity contribution in [3.63, 3.8) is 0 Å². The van der Waals surface area contributed by atoms with Crippen molar-refractivity contribution < 1.29 is 4.39 Å². The van der Waals surface area contributed by atoms with E-state index in [1.165, 1.54) is 25.0 Å².